The lowest BCUT2D eigenvalue weighted by molar-refractivity contribution is 0.103. The van der Waals surface area contributed by atoms with Gasteiger partial charge in [-0.15, -0.1) is 0 Å². The first-order chi connectivity index (χ1) is 9.88. The largest absolute Gasteiger partial charge is 0.494 e. The molecule has 0 aliphatic rings. The van der Waals surface area contributed by atoms with Crippen molar-refractivity contribution in [2.24, 2.45) is 0 Å². The van der Waals surface area contributed by atoms with E-state index in [-0.39, 0.29) is 5.78 Å². The van der Waals surface area contributed by atoms with E-state index in [4.69, 9.17) is 10.5 Å². The van der Waals surface area contributed by atoms with Crippen molar-refractivity contribution < 1.29 is 9.53 Å². The summed E-state index contributed by atoms with van der Waals surface area (Å²) >= 11 is 0. The summed E-state index contributed by atoms with van der Waals surface area (Å²) in [5.41, 5.74) is 11.9. The van der Waals surface area contributed by atoms with Gasteiger partial charge in [0.25, 0.3) is 0 Å². The van der Waals surface area contributed by atoms with Gasteiger partial charge in [-0.25, -0.2) is 0 Å². The van der Waals surface area contributed by atoms with Crippen LogP contribution >= 0.6 is 0 Å². The maximum atomic E-state index is 13.0. The highest BCUT2D eigenvalue weighted by atomic mass is 16.5. The molecule has 21 heavy (non-hydrogen) atoms. The Hall–Kier alpha value is -2.29. The number of aryl methyl sites for hydroxylation is 2. The molecule has 2 aromatic rings. The number of anilines is 1. The second-order valence-electron chi connectivity index (χ2n) is 5.39. The molecule has 0 bridgehead atoms. The normalized spacial score (nSPS) is 10.5. The molecule has 0 aromatic heterocycles. The predicted octanol–water partition coefficient (Wildman–Crippen LogP) is 3.74. The minimum absolute atomic E-state index is 0.0408. The maximum Gasteiger partial charge on any atom is 0.197 e. The van der Waals surface area contributed by atoms with Crippen molar-refractivity contribution in [1.29, 1.82) is 0 Å². The third-order valence-corrected chi connectivity index (χ3v) is 4.09. The standard InChI is InChI=1S/C18H21NO2/c1-10-9-11(2)13(4)16(12(10)3)17(20)14-7-6-8-15(19)18(14)21-5/h6-9H,19H2,1-5H3. The van der Waals surface area contributed by atoms with Gasteiger partial charge in [0.1, 0.15) is 0 Å². The van der Waals surface area contributed by atoms with E-state index < -0.39 is 0 Å². The number of nitrogen functional groups attached to an aromatic ring is 1. The van der Waals surface area contributed by atoms with E-state index in [2.05, 4.69) is 6.07 Å². The molecule has 0 radical (unpaired) electrons. The van der Waals surface area contributed by atoms with Crippen molar-refractivity contribution in [1.82, 2.24) is 0 Å². The molecule has 0 amide bonds. The Bertz CT molecular complexity index is 691. The van der Waals surface area contributed by atoms with Crippen molar-refractivity contribution in [3.63, 3.8) is 0 Å². The lowest BCUT2D eigenvalue weighted by Gasteiger charge is -2.16. The van der Waals surface area contributed by atoms with Crippen LogP contribution in [0.2, 0.25) is 0 Å². The number of hydrogen-bond donors (Lipinski definition) is 1. The number of methoxy groups -OCH3 is 1. The van der Waals surface area contributed by atoms with Crippen molar-refractivity contribution >= 4 is 11.5 Å². The smallest absolute Gasteiger partial charge is 0.197 e. The molecule has 3 heteroatoms. The Morgan fingerprint density at radius 2 is 1.62 bits per heavy atom. The number of rotatable bonds is 3. The van der Waals surface area contributed by atoms with Gasteiger partial charge in [0.05, 0.1) is 18.4 Å². The van der Waals surface area contributed by atoms with Crippen LogP contribution in [0, 0.1) is 27.7 Å². The molecular weight excluding hydrogens is 262 g/mol. The zero-order chi connectivity index (χ0) is 15.7. The highest BCUT2D eigenvalue weighted by Crippen LogP contribution is 2.31. The third-order valence-electron chi connectivity index (χ3n) is 4.09. The van der Waals surface area contributed by atoms with Crippen molar-refractivity contribution in [3.05, 3.63) is 57.6 Å². The first-order valence-electron chi connectivity index (χ1n) is 6.93. The van der Waals surface area contributed by atoms with Gasteiger partial charge in [0.2, 0.25) is 0 Å². The first-order valence-corrected chi connectivity index (χ1v) is 6.93. The molecular formula is C18H21NO2. The molecule has 0 aliphatic heterocycles. The summed E-state index contributed by atoms with van der Waals surface area (Å²) in [4.78, 5) is 13.0. The number of ether oxygens (including phenoxy) is 1. The number of carbonyl (C=O) groups is 1. The van der Waals surface area contributed by atoms with Crippen LogP contribution in [0.15, 0.2) is 24.3 Å². The molecule has 0 fully saturated rings. The predicted molar refractivity (Wildman–Crippen MR) is 86.2 cm³/mol. The highest BCUT2D eigenvalue weighted by Gasteiger charge is 2.21. The van der Waals surface area contributed by atoms with E-state index in [0.29, 0.717) is 17.0 Å². The second kappa shape index (κ2) is 5.60. The summed E-state index contributed by atoms with van der Waals surface area (Å²) in [5.74, 6) is 0.404. The summed E-state index contributed by atoms with van der Waals surface area (Å²) in [6, 6.07) is 7.38. The fraction of sp³-hybridized carbons (Fsp3) is 0.278. The third kappa shape index (κ3) is 2.51. The molecule has 0 saturated carbocycles. The SMILES string of the molecule is COc1c(N)cccc1C(=O)c1c(C)c(C)cc(C)c1C. The molecule has 2 aromatic carbocycles. The average Bonchev–Trinajstić information content (AvgIpc) is 2.45. The van der Waals surface area contributed by atoms with E-state index in [1.165, 1.54) is 7.11 Å². The Kier molecular flexibility index (Phi) is 4.03. The fourth-order valence-electron chi connectivity index (χ4n) is 2.65. The Morgan fingerprint density at radius 3 is 2.14 bits per heavy atom. The monoisotopic (exact) mass is 283 g/mol. The summed E-state index contributed by atoms with van der Waals surface area (Å²) < 4.78 is 5.31. The minimum Gasteiger partial charge on any atom is -0.494 e. The summed E-state index contributed by atoms with van der Waals surface area (Å²) in [5, 5.41) is 0. The Balaban J connectivity index is 2.70. The molecule has 0 saturated heterocycles. The van der Waals surface area contributed by atoms with Crippen LogP contribution in [0.3, 0.4) is 0 Å². The Morgan fingerprint density at radius 1 is 1.05 bits per heavy atom. The zero-order valence-electron chi connectivity index (χ0n) is 13.2. The van der Waals surface area contributed by atoms with Crippen LogP contribution in [0.25, 0.3) is 0 Å². The first kappa shape index (κ1) is 15.1. The van der Waals surface area contributed by atoms with Gasteiger partial charge >= 0.3 is 0 Å². The van der Waals surface area contributed by atoms with Crippen LogP contribution in [0.5, 0.6) is 5.75 Å². The highest BCUT2D eigenvalue weighted by molar-refractivity contribution is 6.13. The second-order valence-corrected chi connectivity index (χ2v) is 5.39. The molecule has 0 atom stereocenters. The van der Waals surface area contributed by atoms with Crippen LogP contribution in [-0.4, -0.2) is 12.9 Å². The number of para-hydroxylation sites is 1. The van der Waals surface area contributed by atoms with E-state index in [9.17, 15) is 4.79 Å². The number of nitrogens with two attached hydrogens (primary N) is 1. The van der Waals surface area contributed by atoms with Gasteiger partial charge < -0.3 is 10.5 Å². The molecule has 0 aliphatic carbocycles. The Labute approximate surface area is 125 Å². The molecule has 110 valence electrons. The summed E-state index contributed by atoms with van der Waals surface area (Å²) in [7, 11) is 1.53. The number of carbonyl (C=O) groups excluding carboxylic acids is 1. The van der Waals surface area contributed by atoms with Gasteiger partial charge in [-0.2, -0.15) is 0 Å². The van der Waals surface area contributed by atoms with Crippen LogP contribution in [-0.2, 0) is 0 Å². The van der Waals surface area contributed by atoms with E-state index >= 15 is 0 Å². The molecule has 2 rings (SSSR count). The lowest BCUT2D eigenvalue weighted by atomic mass is 9.89. The molecule has 0 spiro atoms. The topological polar surface area (TPSA) is 52.3 Å². The van der Waals surface area contributed by atoms with Crippen molar-refractivity contribution in [2.75, 3.05) is 12.8 Å². The molecule has 0 heterocycles. The van der Waals surface area contributed by atoms with E-state index in [0.717, 1.165) is 27.8 Å². The van der Waals surface area contributed by atoms with Gasteiger partial charge in [0.15, 0.2) is 11.5 Å². The van der Waals surface area contributed by atoms with Crippen LogP contribution in [0.1, 0.15) is 38.2 Å². The summed E-state index contributed by atoms with van der Waals surface area (Å²) in [6.07, 6.45) is 0. The summed E-state index contributed by atoms with van der Waals surface area (Å²) in [6.45, 7) is 8.01. The lowest BCUT2D eigenvalue weighted by Crippen LogP contribution is -2.11. The molecule has 2 N–H and O–H groups in total. The van der Waals surface area contributed by atoms with Gasteiger partial charge in [-0.05, 0) is 62.1 Å². The average molecular weight is 283 g/mol. The van der Waals surface area contributed by atoms with E-state index in [1.807, 2.05) is 27.7 Å². The van der Waals surface area contributed by atoms with Gasteiger partial charge in [-0.3, -0.25) is 4.79 Å². The van der Waals surface area contributed by atoms with Gasteiger partial charge in [0, 0.05) is 5.56 Å². The number of ketones is 1. The number of hydrogen-bond acceptors (Lipinski definition) is 3. The van der Waals surface area contributed by atoms with Gasteiger partial charge in [-0.1, -0.05) is 12.1 Å². The zero-order valence-corrected chi connectivity index (χ0v) is 13.2. The van der Waals surface area contributed by atoms with Crippen LogP contribution in [0.4, 0.5) is 5.69 Å². The maximum absolute atomic E-state index is 13.0. The van der Waals surface area contributed by atoms with Crippen LogP contribution < -0.4 is 10.5 Å². The van der Waals surface area contributed by atoms with E-state index in [1.54, 1.807) is 18.2 Å². The fourth-order valence-corrected chi connectivity index (χ4v) is 2.65. The quantitative estimate of drug-likeness (QED) is 0.689. The molecule has 3 nitrogen and oxygen atoms in total. The van der Waals surface area contributed by atoms with Crippen molar-refractivity contribution in [2.45, 2.75) is 27.7 Å². The number of benzene rings is 2. The molecule has 0 unspecified atom stereocenters. The van der Waals surface area contributed by atoms with Crippen molar-refractivity contribution in [3.8, 4) is 5.75 Å². The minimum atomic E-state index is -0.0408.